The summed E-state index contributed by atoms with van der Waals surface area (Å²) in [5, 5.41) is 76.4. The molecule has 0 bridgehead atoms. The number of carbonyl (C=O) groups excluding carboxylic acids is 1. The van der Waals surface area contributed by atoms with Crippen LogP contribution in [0.25, 0.3) is 0 Å². The Balaban J connectivity index is 1.81. The third-order valence-corrected chi connectivity index (χ3v) is 10.3. The number of aldehydes is 1. The Morgan fingerprint density at radius 1 is 0.843 bits per heavy atom. The predicted molar refractivity (Wildman–Crippen MR) is 185 cm³/mol. The molecule has 2 heterocycles. The topological polar surface area (TPSA) is 302 Å². The number of carbonyl (C=O) groups is 1. The molecule has 51 heavy (non-hydrogen) atoms. The zero-order chi connectivity index (χ0) is 37.9. The molecule has 18 heteroatoms. The van der Waals surface area contributed by atoms with Crippen molar-refractivity contribution in [2.75, 3.05) is 20.2 Å². The number of rotatable bonds is 20. The van der Waals surface area contributed by atoms with E-state index in [-0.39, 0.29) is 6.29 Å². The fourth-order valence-electron chi connectivity index (χ4n) is 7.17. The fourth-order valence-corrected chi connectivity index (χ4v) is 7.17. The monoisotopic (exact) mass is 734 g/mol. The summed E-state index contributed by atoms with van der Waals surface area (Å²) in [6, 6.07) is -3.82. The Morgan fingerprint density at radius 2 is 1.45 bits per heavy atom. The quantitative estimate of drug-likeness (QED) is 0.0261. The number of aliphatic hydroxyl groups is 7. The van der Waals surface area contributed by atoms with E-state index in [4.69, 9.17) is 36.1 Å². The van der Waals surface area contributed by atoms with E-state index in [1.165, 1.54) is 45.4 Å². The summed E-state index contributed by atoms with van der Waals surface area (Å²) >= 11 is 0. The van der Waals surface area contributed by atoms with Crippen LogP contribution in [0, 0.1) is 0 Å². The zero-order valence-corrected chi connectivity index (χ0v) is 30.0. The number of hydrogen-bond donors (Lipinski definition) is 10. The van der Waals surface area contributed by atoms with Crippen LogP contribution in [0.1, 0.15) is 78.1 Å². The summed E-state index contributed by atoms with van der Waals surface area (Å²) in [6.45, 7) is 3.36. The van der Waals surface area contributed by atoms with Crippen molar-refractivity contribution in [2.45, 2.75) is 169 Å². The normalized spacial score (nSPS) is 40.2. The molecule has 1 saturated carbocycles. The van der Waals surface area contributed by atoms with E-state index >= 15 is 0 Å². The lowest BCUT2D eigenvalue weighted by atomic mass is 9.81. The number of aliphatic hydroxyl groups excluding tert-OH is 6. The van der Waals surface area contributed by atoms with Crippen molar-refractivity contribution < 1.29 is 59.5 Å². The second-order valence-corrected chi connectivity index (χ2v) is 14.0. The number of likely N-dealkylation sites (N-methyl/N-ethyl adjacent to an activating group) is 1. The highest BCUT2D eigenvalue weighted by atomic mass is 16.8. The van der Waals surface area contributed by atoms with Gasteiger partial charge in [0, 0.05) is 0 Å². The molecule has 18 nitrogen and oxygen atoms in total. The zero-order valence-electron chi connectivity index (χ0n) is 30.0. The lowest BCUT2D eigenvalue weighted by Crippen LogP contribution is -2.67. The van der Waals surface area contributed by atoms with Gasteiger partial charge in [0.1, 0.15) is 60.9 Å². The number of aliphatic imine (C=N–C) groups is 2. The first-order valence-corrected chi connectivity index (χ1v) is 18.1. The molecule has 0 aromatic carbocycles. The Labute approximate surface area is 299 Å². The van der Waals surface area contributed by atoms with Crippen molar-refractivity contribution in [2.24, 2.45) is 27.2 Å². The number of unbranched alkanes of at least 4 members (excludes halogenated alkanes) is 9. The molecular weight excluding hydrogens is 672 g/mol. The molecule has 0 radical (unpaired) electrons. The average Bonchev–Trinajstić information content (AvgIpc) is 3.33. The summed E-state index contributed by atoms with van der Waals surface area (Å²) in [5.74, 6) is -0.490. The standard InChI is InChI=1S/C33H62N6O12/c1-4-5-6-7-8-9-10-11-12-13-14-39(3)22-26(45)23(42)19(15-40)49-30(22)51-29-31(48-18(2)33(29,47)16-41)50-28-21(38-32(35)36)24(43)20(37-17-34)25(44)27(28)46/h16-31,40,42-47H,4-15H2,1-3H3,(H2,34,37)(H4,35,36,38)/t18-,19-,20+,21-,22-,23-,24-,25-,26-,27+,28+,29-,30-,31+,33+/m0/s1. The highest BCUT2D eigenvalue weighted by Gasteiger charge is 2.61. The van der Waals surface area contributed by atoms with E-state index < -0.39 is 104 Å². The lowest BCUT2D eigenvalue weighted by Gasteiger charge is -2.47. The van der Waals surface area contributed by atoms with E-state index in [9.17, 15) is 40.5 Å². The van der Waals surface area contributed by atoms with Crippen molar-refractivity contribution in [3.8, 4) is 0 Å². The Hall–Kier alpha value is -2.07. The van der Waals surface area contributed by atoms with Gasteiger partial charge in [-0.2, -0.15) is 0 Å². The van der Waals surface area contributed by atoms with Gasteiger partial charge in [0.25, 0.3) is 0 Å². The van der Waals surface area contributed by atoms with Crippen LogP contribution in [-0.4, -0.2) is 171 Å². The molecule has 0 aromatic rings. The van der Waals surface area contributed by atoms with E-state index in [2.05, 4.69) is 16.9 Å². The minimum Gasteiger partial charge on any atom is -0.394 e. The maximum atomic E-state index is 12.4. The molecule has 2 saturated heterocycles. The highest BCUT2D eigenvalue weighted by molar-refractivity contribution is 5.76. The van der Waals surface area contributed by atoms with Gasteiger partial charge in [0.15, 0.2) is 30.4 Å². The van der Waals surface area contributed by atoms with Gasteiger partial charge in [-0.3, -0.25) is 14.7 Å². The van der Waals surface area contributed by atoms with Gasteiger partial charge in [0.2, 0.25) is 0 Å². The van der Waals surface area contributed by atoms with Crippen LogP contribution in [0.5, 0.6) is 0 Å². The van der Waals surface area contributed by atoms with Crippen molar-refractivity contribution in [1.82, 2.24) is 4.90 Å². The first kappa shape index (κ1) is 43.3. The molecule has 0 aromatic heterocycles. The van der Waals surface area contributed by atoms with Crippen LogP contribution in [0.4, 0.5) is 0 Å². The first-order valence-electron chi connectivity index (χ1n) is 18.1. The van der Waals surface area contributed by atoms with Crippen LogP contribution >= 0.6 is 0 Å². The van der Waals surface area contributed by atoms with Crippen LogP contribution in [0.15, 0.2) is 9.98 Å². The Kier molecular flexibility index (Phi) is 17.3. The number of nitrogens with zero attached hydrogens (tertiary/aromatic N) is 3. The van der Waals surface area contributed by atoms with Gasteiger partial charge in [-0.05, 0) is 26.9 Å². The predicted octanol–water partition coefficient (Wildman–Crippen LogP) is -2.81. The Morgan fingerprint density at radius 3 is 2.00 bits per heavy atom. The SMILES string of the molecule is CCCCCCCCCCCCN(C)[C@@H]1[C@H](O[C@H]2[C@@H](O[C@H]3[C@H](O)[C@@H](O)[C@H](N=CN)[C@H](O)[C@@H]3N=C(N)N)O[C@@H](C)[C@]2(O)C=O)O[C@@H](CO)[C@H](O)[C@H]1O. The molecule has 3 aliphatic rings. The molecule has 3 fully saturated rings. The van der Waals surface area contributed by atoms with Gasteiger partial charge >= 0.3 is 0 Å². The molecule has 0 unspecified atom stereocenters. The fraction of sp³-hybridized carbons (Fsp3) is 0.909. The van der Waals surface area contributed by atoms with E-state index in [1.807, 2.05) is 0 Å². The van der Waals surface area contributed by atoms with E-state index in [0.717, 1.165) is 32.0 Å². The van der Waals surface area contributed by atoms with Crippen LogP contribution in [-0.2, 0) is 23.7 Å². The molecule has 2 aliphatic heterocycles. The minimum absolute atomic E-state index is 0.201. The van der Waals surface area contributed by atoms with Crippen molar-refractivity contribution in [3.05, 3.63) is 0 Å². The highest BCUT2D eigenvalue weighted by Crippen LogP contribution is 2.39. The molecule has 15 atom stereocenters. The van der Waals surface area contributed by atoms with Gasteiger partial charge in [0.05, 0.1) is 25.1 Å². The van der Waals surface area contributed by atoms with Crippen LogP contribution in [0.2, 0.25) is 0 Å². The second-order valence-electron chi connectivity index (χ2n) is 14.0. The van der Waals surface area contributed by atoms with Gasteiger partial charge in [-0.1, -0.05) is 64.7 Å². The van der Waals surface area contributed by atoms with Crippen molar-refractivity contribution in [3.63, 3.8) is 0 Å². The third-order valence-electron chi connectivity index (χ3n) is 10.3. The molecule has 13 N–H and O–H groups in total. The first-order chi connectivity index (χ1) is 24.3. The molecule has 3 rings (SSSR count). The summed E-state index contributed by atoms with van der Waals surface area (Å²) in [6.07, 6.45) is -4.78. The van der Waals surface area contributed by atoms with Crippen LogP contribution < -0.4 is 17.2 Å². The maximum absolute atomic E-state index is 12.4. The van der Waals surface area contributed by atoms with E-state index in [0.29, 0.717) is 6.54 Å². The smallest absolute Gasteiger partial charge is 0.188 e. The number of hydrogen-bond acceptors (Lipinski definition) is 15. The molecule has 0 spiro atoms. The number of guanidine groups is 1. The lowest BCUT2D eigenvalue weighted by molar-refractivity contribution is -0.324. The Bertz CT molecular complexity index is 1110. The summed E-state index contributed by atoms with van der Waals surface area (Å²) in [4.78, 5) is 22.0. The van der Waals surface area contributed by atoms with E-state index in [1.54, 1.807) is 11.9 Å². The second kappa shape index (κ2) is 20.4. The largest absolute Gasteiger partial charge is 0.394 e. The van der Waals surface area contributed by atoms with Gasteiger partial charge < -0.3 is 71.9 Å². The average molecular weight is 735 g/mol. The van der Waals surface area contributed by atoms with Gasteiger partial charge in [-0.15, -0.1) is 0 Å². The maximum Gasteiger partial charge on any atom is 0.188 e. The molecule has 0 amide bonds. The van der Waals surface area contributed by atoms with Crippen molar-refractivity contribution >= 4 is 18.6 Å². The van der Waals surface area contributed by atoms with Gasteiger partial charge in [-0.25, -0.2) is 4.99 Å². The van der Waals surface area contributed by atoms with Crippen LogP contribution in [0.3, 0.4) is 0 Å². The third kappa shape index (κ3) is 10.5. The number of ether oxygens (including phenoxy) is 4. The molecular formula is C33H62N6O12. The minimum atomic E-state index is -2.38. The van der Waals surface area contributed by atoms with Crippen molar-refractivity contribution in [1.29, 1.82) is 0 Å². The summed E-state index contributed by atoms with van der Waals surface area (Å²) in [5.41, 5.74) is 14.2. The molecule has 1 aliphatic carbocycles. The number of nitrogens with two attached hydrogens (primary N) is 3. The summed E-state index contributed by atoms with van der Waals surface area (Å²) < 4.78 is 24.0. The molecule has 296 valence electrons. The summed E-state index contributed by atoms with van der Waals surface area (Å²) in [7, 11) is 1.71.